The molecule has 0 unspecified atom stereocenters. The molecule has 0 aliphatic heterocycles. The first-order chi connectivity index (χ1) is 7.00. The number of rotatable bonds is 3. The van der Waals surface area contributed by atoms with Gasteiger partial charge in [0, 0.05) is 21.2 Å². The van der Waals surface area contributed by atoms with E-state index in [2.05, 4.69) is 43.8 Å². The highest BCUT2D eigenvalue weighted by Crippen LogP contribution is 2.18. The van der Waals surface area contributed by atoms with Crippen LogP contribution in [-0.4, -0.2) is 12.5 Å². The van der Waals surface area contributed by atoms with Gasteiger partial charge in [-0.1, -0.05) is 38.4 Å². The number of benzene rings is 1. The van der Waals surface area contributed by atoms with Crippen LogP contribution in [0.15, 0.2) is 33.7 Å². The second-order valence-electron chi connectivity index (χ2n) is 2.93. The number of anilines is 1. The number of carbonyl (C=O) groups is 1. The lowest BCUT2D eigenvalue weighted by molar-refractivity contribution is 0.0958. The van der Waals surface area contributed by atoms with Crippen molar-refractivity contribution in [1.29, 1.82) is 0 Å². The molecule has 3 nitrogen and oxygen atoms in total. The van der Waals surface area contributed by atoms with Gasteiger partial charge in [-0.15, -0.1) is 0 Å². The fraction of sp³-hybridized carbons (Fsp3) is 0.100. The third-order valence-corrected chi connectivity index (χ3v) is 2.47. The molecule has 1 amide bonds. The van der Waals surface area contributed by atoms with Gasteiger partial charge in [-0.05, 0) is 18.2 Å². The van der Waals surface area contributed by atoms with E-state index in [0.717, 1.165) is 4.47 Å². The lowest BCUT2D eigenvalue weighted by Gasteiger charge is -2.06. The molecule has 0 saturated carbocycles. The van der Waals surface area contributed by atoms with Crippen LogP contribution in [0.25, 0.3) is 0 Å². The van der Waals surface area contributed by atoms with Crippen LogP contribution in [0.1, 0.15) is 10.4 Å². The van der Waals surface area contributed by atoms with Crippen molar-refractivity contribution >= 4 is 43.5 Å². The zero-order valence-corrected chi connectivity index (χ0v) is 11.1. The van der Waals surface area contributed by atoms with Crippen LogP contribution < -0.4 is 11.1 Å². The number of carbonyl (C=O) groups excluding carboxylic acids is 1. The van der Waals surface area contributed by atoms with E-state index in [1.165, 1.54) is 0 Å². The Labute approximate surface area is 105 Å². The van der Waals surface area contributed by atoms with Gasteiger partial charge in [0.1, 0.15) is 0 Å². The van der Waals surface area contributed by atoms with Gasteiger partial charge in [-0.25, -0.2) is 0 Å². The molecule has 15 heavy (non-hydrogen) atoms. The van der Waals surface area contributed by atoms with Crippen molar-refractivity contribution in [3.05, 3.63) is 39.3 Å². The molecule has 0 saturated heterocycles. The molecule has 1 aromatic rings. The summed E-state index contributed by atoms with van der Waals surface area (Å²) in [7, 11) is 0. The molecule has 5 heteroatoms. The molecule has 0 aliphatic carbocycles. The topological polar surface area (TPSA) is 55.1 Å². The van der Waals surface area contributed by atoms with Crippen LogP contribution in [0.5, 0.6) is 0 Å². The Balaban J connectivity index is 2.78. The zero-order chi connectivity index (χ0) is 11.4. The summed E-state index contributed by atoms with van der Waals surface area (Å²) in [6.45, 7) is 4.00. The van der Waals surface area contributed by atoms with Crippen LogP contribution in [-0.2, 0) is 0 Å². The highest BCUT2D eigenvalue weighted by molar-refractivity contribution is 9.11. The molecular formula is C10H10Br2N2O. The summed E-state index contributed by atoms with van der Waals surface area (Å²) >= 11 is 6.43. The summed E-state index contributed by atoms with van der Waals surface area (Å²) in [6, 6.07) is 5.14. The molecule has 0 spiro atoms. The monoisotopic (exact) mass is 332 g/mol. The Bertz CT molecular complexity index is 404. The van der Waals surface area contributed by atoms with Crippen molar-refractivity contribution in [3.8, 4) is 0 Å². The highest BCUT2D eigenvalue weighted by Gasteiger charge is 2.08. The van der Waals surface area contributed by atoms with Crippen molar-refractivity contribution in [3.63, 3.8) is 0 Å². The van der Waals surface area contributed by atoms with Crippen molar-refractivity contribution < 1.29 is 4.79 Å². The molecule has 3 N–H and O–H groups in total. The summed E-state index contributed by atoms with van der Waals surface area (Å²) in [4.78, 5) is 11.6. The minimum Gasteiger partial charge on any atom is -0.398 e. The average molecular weight is 334 g/mol. The van der Waals surface area contributed by atoms with E-state index >= 15 is 0 Å². The van der Waals surface area contributed by atoms with E-state index in [9.17, 15) is 4.79 Å². The number of nitrogens with two attached hydrogens (primary N) is 1. The van der Waals surface area contributed by atoms with E-state index in [1.54, 1.807) is 18.2 Å². The number of nitrogens with one attached hydrogen (secondary N) is 1. The van der Waals surface area contributed by atoms with Gasteiger partial charge < -0.3 is 11.1 Å². The third-order valence-electron chi connectivity index (χ3n) is 1.70. The van der Waals surface area contributed by atoms with Gasteiger partial charge in [-0.2, -0.15) is 0 Å². The molecule has 0 heterocycles. The first-order valence-corrected chi connectivity index (χ1v) is 5.76. The van der Waals surface area contributed by atoms with E-state index in [0.29, 0.717) is 22.3 Å². The number of hydrogen-bond donors (Lipinski definition) is 2. The molecule has 80 valence electrons. The Morgan fingerprint density at radius 2 is 2.20 bits per heavy atom. The smallest absolute Gasteiger partial charge is 0.253 e. The first-order valence-electron chi connectivity index (χ1n) is 4.17. The predicted molar refractivity (Wildman–Crippen MR) is 69.0 cm³/mol. The summed E-state index contributed by atoms with van der Waals surface area (Å²) in [5, 5.41) is 2.68. The summed E-state index contributed by atoms with van der Waals surface area (Å²) in [5.41, 5.74) is 6.61. The van der Waals surface area contributed by atoms with Gasteiger partial charge in [-0.3, -0.25) is 4.79 Å². The maximum Gasteiger partial charge on any atom is 0.253 e. The highest BCUT2D eigenvalue weighted by atomic mass is 79.9. The summed E-state index contributed by atoms with van der Waals surface area (Å²) in [6.07, 6.45) is 0. The maximum atomic E-state index is 11.6. The molecule has 0 fully saturated rings. The van der Waals surface area contributed by atoms with Gasteiger partial charge in [0.2, 0.25) is 0 Å². The van der Waals surface area contributed by atoms with Crippen molar-refractivity contribution in [2.75, 3.05) is 12.3 Å². The number of halogens is 2. The fourth-order valence-electron chi connectivity index (χ4n) is 1.01. The molecule has 0 bridgehead atoms. The van der Waals surface area contributed by atoms with Crippen LogP contribution >= 0.6 is 31.9 Å². The van der Waals surface area contributed by atoms with Crippen LogP contribution in [0.3, 0.4) is 0 Å². The van der Waals surface area contributed by atoms with E-state index < -0.39 is 0 Å². The second-order valence-corrected chi connectivity index (χ2v) is 4.97. The minimum absolute atomic E-state index is 0.208. The normalized spacial score (nSPS) is 9.73. The predicted octanol–water partition coefficient (Wildman–Crippen LogP) is 2.67. The molecule has 0 aliphatic rings. The van der Waals surface area contributed by atoms with Gasteiger partial charge in [0.25, 0.3) is 5.91 Å². The zero-order valence-electron chi connectivity index (χ0n) is 7.89. The Morgan fingerprint density at radius 1 is 1.53 bits per heavy atom. The standard InChI is InChI=1S/C10H10Br2N2O/c1-6(11)5-14-10(15)8-3-2-7(12)4-9(8)13/h2-4H,1,5,13H2,(H,14,15). The maximum absolute atomic E-state index is 11.6. The van der Waals surface area contributed by atoms with Crippen molar-refractivity contribution in [2.24, 2.45) is 0 Å². The van der Waals surface area contributed by atoms with Gasteiger partial charge >= 0.3 is 0 Å². The fourth-order valence-corrected chi connectivity index (χ4v) is 1.53. The average Bonchev–Trinajstić information content (AvgIpc) is 2.14. The Hall–Kier alpha value is -0.810. The third kappa shape index (κ3) is 3.68. The van der Waals surface area contributed by atoms with Crippen LogP contribution in [0.2, 0.25) is 0 Å². The molecule has 0 atom stereocenters. The van der Waals surface area contributed by atoms with Crippen molar-refractivity contribution in [2.45, 2.75) is 0 Å². The van der Waals surface area contributed by atoms with Crippen molar-refractivity contribution in [1.82, 2.24) is 5.32 Å². The summed E-state index contributed by atoms with van der Waals surface area (Å²) in [5.74, 6) is -0.208. The quantitative estimate of drug-likeness (QED) is 0.835. The van der Waals surface area contributed by atoms with E-state index in [4.69, 9.17) is 5.73 Å². The minimum atomic E-state index is -0.208. The summed E-state index contributed by atoms with van der Waals surface area (Å²) < 4.78 is 1.56. The second kappa shape index (κ2) is 5.32. The molecule has 1 aromatic carbocycles. The molecule has 0 aromatic heterocycles. The van der Waals surface area contributed by atoms with E-state index in [1.807, 2.05) is 0 Å². The van der Waals surface area contributed by atoms with Gasteiger partial charge in [0.15, 0.2) is 0 Å². The molecular weight excluding hydrogens is 324 g/mol. The SMILES string of the molecule is C=C(Br)CNC(=O)c1ccc(Br)cc1N. The largest absolute Gasteiger partial charge is 0.398 e. The molecule has 1 rings (SSSR count). The molecule has 0 radical (unpaired) electrons. The number of amides is 1. The first kappa shape index (κ1) is 12.3. The van der Waals surface area contributed by atoms with Gasteiger partial charge in [0.05, 0.1) is 5.56 Å². The number of hydrogen-bond acceptors (Lipinski definition) is 2. The lowest BCUT2D eigenvalue weighted by atomic mass is 10.1. The van der Waals surface area contributed by atoms with Crippen LogP contribution in [0.4, 0.5) is 5.69 Å². The lowest BCUT2D eigenvalue weighted by Crippen LogP contribution is -2.25. The van der Waals surface area contributed by atoms with Crippen LogP contribution in [0, 0.1) is 0 Å². The van der Waals surface area contributed by atoms with E-state index in [-0.39, 0.29) is 5.91 Å². The number of nitrogen functional groups attached to an aromatic ring is 1. The Morgan fingerprint density at radius 3 is 2.73 bits per heavy atom. The Kier molecular flexibility index (Phi) is 4.35.